The van der Waals surface area contributed by atoms with Crippen LogP contribution < -0.4 is 0 Å². The third kappa shape index (κ3) is 5.31. The molecular weight excluding hydrogens is 450 g/mol. The van der Waals surface area contributed by atoms with E-state index >= 15 is 0 Å². The molecule has 0 aliphatic rings. The standard InChI is InChI=1S/C23H20ClN3O2S2/c1-27(13-18-3-2-12-29-18)22(25)15-4-6-16(7-5-15)23-26-17(14-30-23)8-9-19(28)20-10-11-21(24)31-20/h2-7,10-12,14,25H,8-9,13H2,1H3. The van der Waals surface area contributed by atoms with Gasteiger partial charge >= 0.3 is 0 Å². The van der Waals surface area contributed by atoms with Crippen LogP contribution in [0.2, 0.25) is 4.34 Å². The number of nitrogens with zero attached hydrogens (tertiary/aromatic N) is 2. The lowest BCUT2D eigenvalue weighted by Crippen LogP contribution is -2.25. The Hall–Kier alpha value is -2.74. The predicted octanol–water partition coefficient (Wildman–Crippen LogP) is 6.39. The van der Waals surface area contributed by atoms with Gasteiger partial charge in [-0.25, -0.2) is 4.98 Å². The second-order valence-electron chi connectivity index (χ2n) is 7.03. The quantitative estimate of drug-likeness (QED) is 0.184. The number of thiophene rings is 1. The molecule has 1 aromatic carbocycles. The molecule has 4 aromatic rings. The predicted molar refractivity (Wildman–Crippen MR) is 127 cm³/mol. The minimum absolute atomic E-state index is 0.0907. The maximum Gasteiger partial charge on any atom is 0.173 e. The Morgan fingerprint density at radius 2 is 2.00 bits per heavy atom. The Balaban J connectivity index is 1.36. The van der Waals surface area contributed by atoms with E-state index in [0.29, 0.717) is 34.4 Å². The molecule has 0 aliphatic carbocycles. The Morgan fingerprint density at radius 3 is 2.68 bits per heavy atom. The van der Waals surface area contributed by atoms with Crippen LogP contribution in [0.3, 0.4) is 0 Å². The molecule has 31 heavy (non-hydrogen) atoms. The van der Waals surface area contributed by atoms with Crippen LogP contribution in [0.5, 0.6) is 0 Å². The number of nitrogens with one attached hydrogen (secondary N) is 1. The van der Waals surface area contributed by atoms with Gasteiger partial charge in [0.05, 0.1) is 27.7 Å². The topological polar surface area (TPSA) is 70.2 Å². The molecule has 4 rings (SSSR count). The molecule has 0 spiro atoms. The van der Waals surface area contributed by atoms with Crippen molar-refractivity contribution in [2.75, 3.05) is 7.05 Å². The zero-order valence-corrected chi connectivity index (χ0v) is 19.2. The second kappa shape index (κ2) is 9.60. The van der Waals surface area contributed by atoms with E-state index < -0.39 is 0 Å². The minimum Gasteiger partial charge on any atom is -0.467 e. The number of furan rings is 1. The molecule has 158 valence electrons. The third-order valence-corrected chi connectivity index (χ3v) is 6.98. The van der Waals surface area contributed by atoms with Crippen LogP contribution in [0.25, 0.3) is 10.6 Å². The van der Waals surface area contributed by atoms with E-state index in [1.54, 1.807) is 29.7 Å². The van der Waals surface area contributed by atoms with E-state index in [9.17, 15) is 4.79 Å². The third-order valence-electron chi connectivity index (χ3n) is 4.77. The number of amidine groups is 1. The van der Waals surface area contributed by atoms with Crippen LogP contribution in [0.1, 0.15) is 33.1 Å². The number of hydrogen-bond acceptors (Lipinski definition) is 6. The fourth-order valence-electron chi connectivity index (χ4n) is 3.09. The largest absolute Gasteiger partial charge is 0.467 e. The molecule has 1 N–H and O–H groups in total. The highest BCUT2D eigenvalue weighted by atomic mass is 35.5. The summed E-state index contributed by atoms with van der Waals surface area (Å²) in [6.45, 7) is 0.541. The van der Waals surface area contributed by atoms with Crippen LogP contribution in [0.4, 0.5) is 0 Å². The molecule has 0 atom stereocenters. The minimum atomic E-state index is 0.0907. The van der Waals surface area contributed by atoms with Gasteiger partial charge in [-0.3, -0.25) is 10.2 Å². The lowest BCUT2D eigenvalue weighted by atomic mass is 10.1. The number of thiazole rings is 1. The fourth-order valence-corrected chi connectivity index (χ4v) is 4.96. The molecule has 3 heterocycles. The van der Waals surface area contributed by atoms with Gasteiger partial charge in [0.25, 0.3) is 0 Å². The monoisotopic (exact) mass is 469 g/mol. The zero-order valence-electron chi connectivity index (χ0n) is 16.8. The van der Waals surface area contributed by atoms with E-state index in [0.717, 1.165) is 27.6 Å². The maximum absolute atomic E-state index is 12.3. The van der Waals surface area contributed by atoms with Crippen molar-refractivity contribution >= 4 is 45.9 Å². The van der Waals surface area contributed by atoms with E-state index in [4.69, 9.17) is 21.4 Å². The molecule has 8 heteroatoms. The highest BCUT2D eigenvalue weighted by Gasteiger charge is 2.13. The molecule has 0 fully saturated rings. The molecule has 3 aromatic heterocycles. The number of aryl methyl sites for hydroxylation is 1. The fraction of sp³-hybridized carbons (Fsp3) is 0.174. The first-order valence-corrected chi connectivity index (χ1v) is 11.7. The lowest BCUT2D eigenvalue weighted by Gasteiger charge is -2.18. The average Bonchev–Trinajstić information content (AvgIpc) is 3.54. The Labute approximate surface area is 193 Å². The van der Waals surface area contributed by atoms with Crippen molar-refractivity contribution in [3.05, 3.63) is 86.4 Å². The van der Waals surface area contributed by atoms with E-state index in [1.807, 2.05) is 53.7 Å². The summed E-state index contributed by atoms with van der Waals surface area (Å²) in [7, 11) is 1.87. The summed E-state index contributed by atoms with van der Waals surface area (Å²) in [4.78, 5) is 19.5. The number of aromatic nitrogens is 1. The molecule has 0 bridgehead atoms. The zero-order chi connectivity index (χ0) is 21.8. The summed E-state index contributed by atoms with van der Waals surface area (Å²) in [6.07, 6.45) is 2.65. The van der Waals surface area contributed by atoms with Crippen molar-refractivity contribution in [2.45, 2.75) is 19.4 Å². The van der Waals surface area contributed by atoms with Crippen LogP contribution in [0, 0.1) is 5.41 Å². The van der Waals surface area contributed by atoms with Gasteiger partial charge in [-0.2, -0.15) is 0 Å². The summed E-state index contributed by atoms with van der Waals surface area (Å²) in [5, 5.41) is 11.3. The van der Waals surface area contributed by atoms with E-state index in [-0.39, 0.29) is 5.78 Å². The van der Waals surface area contributed by atoms with Gasteiger partial charge in [0.15, 0.2) is 5.78 Å². The summed E-state index contributed by atoms with van der Waals surface area (Å²) < 4.78 is 5.99. The van der Waals surface area contributed by atoms with Gasteiger partial charge in [-0.05, 0) is 30.7 Å². The lowest BCUT2D eigenvalue weighted by molar-refractivity contribution is 0.0986. The number of hydrogen-bond donors (Lipinski definition) is 1. The molecule has 0 saturated heterocycles. The number of carbonyl (C=O) groups excluding carboxylic acids is 1. The summed E-state index contributed by atoms with van der Waals surface area (Å²) in [6, 6.07) is 15.1. The SMILES string of the molecule is CN(Cc1ccco1)C(=N)c1ccc(-c2nc(CCC(=O)c3ccc(Cl)s3)cs2)cc1. The van der Waals surface area contributed by atoms with Crippen molar-refractivity contribution in [3.8, 4) is 10.6 Å². The molecule has 0 unspecified atom stereocenters. The van der Waals surface area contributed by atoms with Gasteiger partial charge in [-0.1, -0.05) is 35.9 Å². The molecular formula is C23H20ClN3O2S2. The van der Waals surface area contributed by atoms with Crippen LogP contribution in [-0.2, 0) is 13.0 Å². The first-order valence-electron chi connectivity index (χ1n) is 9.65. The summed E-state index contributed by atoms with van der Waals surface area (Å²) in [5.41, 5.74) is 2.73. The Morgan fingerprint density at radius 1 is 1.19 bits per heavy atom. The summed E-state index contributed by atoms with van der Waals surface area (Å²) in [5.74, 6) is 1.34. The highest BCUT2D eigenvalue weighted by Crippen LogP contribution is 2.26. The number of rotatable bonds is 8. The maximum atomic E-state index is 12.3. The molecule has 0 amide bonds. The molecule has 0 saturated carbocycles. The first kappa shape index (κ1) is 21.5. The van der Waals surface area contributed by atoms with Crippen molar-refractivity contribution in [1.29, 1.82) is 5.41 Å². The Bertz CT molecular complexity index is 1180. The Kier molecular flexibility index (Phi) is 6.65. The number of ketones is 1. The van der Waals surface area contributed by atoms with Crippen molar-refractivity contribution in [2.24, 2.45) is 0 Å². The highest BCUT2D eigenvalue weighted by molar-refractivity contribution is 7.18. The van der Waals surface area contributed by atoms with Crippen LogP contribution in [-0.4, -0.2) is 28.6 Å². The first-order chi connectivity index (χ1) is 15.0. The molecule has 0 aliphatic heterocycles. The van der Waals surface area contributed by atoms with Gasteiger partial charge in [0.1, 0.15) is 16.6 Å². The van der Waals surface area contributed by atoms with Gasteiger partial charge in [0.2, 0.25) is 0 Å². The van der Waals surface area contributed by atoms with Gasteiger partial charge < -0.3 is 9.32 Å². The second-order valence-corrected chi connectivity index (χ2v) is 9.61. The van der Waals surface area contributed by atoms with Crippen LogP contribution in [0.15, 0.2) is 64.6 Å². The smallest absolute Gasteiger partial charge is 0.173 e. The van der Waals surface area contributed by atoms with E-state index in [2.05, 4.69) is 4.98 Å². The molecule has 5 nitrogen and oxygen atoms in total. The number of carbonyl (C=O) groups is 1. The number of benzene rings is 1. The van der Waals surface area contributed by atoms with Crippen molar-refractivity contribution in [3.63, 3.8) is 0 Å². The van der Waals surface area contributed by atoms with Crippen molar-refractivity contribution < 1.29 is 9.21 Å². The van der Waals surface area contributed by atoms with Crippen LogP contribution >= 0.6 is 34.3 Å². The normalized spacial score (nSPS) is 10.9. The van der Waals surface area contributed by atoms with Gasteiger partial charge in [-0.15, -0.1) is 22.7 Å². The van der Waals surface area contributed by atoms with Gasteiger partial charge in [0, 0.05) is 30.0 Å². The summed E-state index contributed by atoms with van der Waals surface area (Å²) >= 11 is 8.78. The number of halogens is 1. The average molecular weight is 470 g/mol. The van der Waals surface area contributed by atoms with Crippen molar-refractivity contribution in [1.82, 2.24) is 9.88 Å². The number of Topliss-reactive ketones (excluding diaryl/α,β-unsaturated/α-hetero) is 1. The van der Waals surface area contributed by atoms with E-state index in [1.165, 1.54) is 11.3 Å². The molecule has 0 radical (unpaired) electrons.